The van der Waals surface area contributed by atoms with Crippen molar-refractivity contribution in [2.45, 2.75) is 13.0 Å². The van der Waals surface area contributed by atoms with E-state index in [1.807, 2.05) is 11.0 Å². The molecule has 1 saturated heterocycles. The van der Waals surface area contributed by atoms with Crippen molar-refractivity contribution in [1.82, 2.24) is 10.2 Å². The van der Waals surface area contributed by atoms with E-state index < -0.39 is 0 Å². The molecule has 1 aromatic rings. The summed E-state index contributed by atoms with van der Waals surface area (Å²) in [7, 11) is 0. The minimum Gasteiger partial charge on any atom is -0.338 e. The van der Waals surface area contributed by atoms with Crippen LogP contribution >= 0.6 is 35.6 Å². The quantitative estimate of drug-likeness (QED) is 0.862. The lowest BCUT2D eigenvalue weighted by atomic mass is 9.96. The Labute approximate surface area is 128 Å². The lowest BCUT2D eigenvalue weighted by Gasteiger charge is -2.35. The summed E-state index contributed by atoms with van der Waals surface area (Å²) in [6.45, 7) is 2.98. The van der Waals surface area contributed by atoms with Gasteiger partial charge in [-0.2, -0.15) is 0 Å². The molecule has 2 heterocycles. The van der Waals surface area contributed by atoms with Crippen LogP contribution in [0.15, 0.2) is 12.1 Å². The molecule has 0 aromatic heterocycles. The number of benzene rings is 1. The first-order valence-electron chi connectivity index (χ1n) is 6.11. The van der Waals surface area contributed by atoms with Gasteiger partial charge in [0.05, 0.1) is 5.92 Å². The van der Waals surface area contributed by atoms with Crippen LogP contribution in [-0.2, 0) is 17.8 Å². The molecule has 0 radical (unpaired) electrons. The van der Waals surface area contributed by atoms with Gasteiger partial charge in [0, 0.05) is 36.2 Å². The average molecular weight is 322 g/mol. The van der Waals surface area contributed by atoms with Gasteiger partial charge in [0.1, 0.15) is 0 Å². The van der Waals surface area contributed by atoms with Crippen LogP contribution in [0.3, 0.4) is 0 Å². The largest absolute Gasteiger partial charge is 0.338 e. The number of rotatable bonds is 1. The van der Waals surface area contributed by atoms with E-state index in [4.69, 9.17) is 23.2 Å². The Hall–Kier alpha value is -0.480. The molecule has 0 atom stereocenters. The van der Waals surface area contributed by atoms with E-state index in [2.05, 4.69) is 5.32 Å². The van der Waals surface area contributed by atoms with Crippen LogP contribution in [0.1, 0.15) is 11.1 Å². The number of carbonyl (C=O) groups excluding carboxylic acids is 1. The highest BCUT2D eigenvalue weighted by molar-refractivity contribution is 6.35. The molecule has 0 spiro atoms. The van der Waals surface area contributed by atoms with Crippen molar-refractivity contribution in [2.24, 2.45) is 5.92 Å². The molecule has 6 heteroatoms. The van der Waals surface area contributed by atoms with Crippen LogP contribution in [0.25, 0.3) is 0 Å². The Kier molecular flexibility index (Phi) is 4.62. The standard InChI is InChI=1S/C13H14Cl2N2O.ClH/c14-10-3-8-1-2-17(7-11(8)12(15)4-10)13(18)9-5-16-6-9;/h3-4,9,16H,1-2,5-7H2;1H. The second-order valence-corrected chi connectivity index (χ2v) is 5.73. The fourth-order valence-electron chi connectivity index (χ4n) is 2.49. The zero-order chi connectivity index (χ0) is 12.7. The van der Waals surface area contributed by atoms with Gasteiger partial charge in [0.2, 0.25) is 5.91 Å². The summed E-state index contributed by atoms with van der Waals surface area (Å²) in [6, 6.07) is 3.70. The minimum atomic E-state index is 0. The molecule has 1 N–H and O–H groups in total. The van der Waals surface area contributed by atoms with Gasteiger partial charge in [-0.25, -0.2) is 0 Å². The van der Waals surface area contributed by atoms with Crippen molar-refractivity contribution >= 4 is 41.5 Å². The molecule has 0 saturated carbocycles. The molecule has 0 aliphatic carbocycles. The average Bonchev–Trinajstić information content (AvgIpc) is 2.26. The molecule has 104 valence electrons. The van der Waals surface area contributed by atoms with E-state index in [9.17, 15) is 4.79 Å². The molecule has 1 aromatic carbocycles. The van der Waals surface area contributed by atoms with Crippen LogP contribution < -0.4 is 5.32 Å². The second kappa shape index (κ2) is 5.88. The Morgan fingerprint density at radius 3 is 2.68 bits per heavy atom. The second-order valence-electron chi connectivity index (χ2n) is 4.89. The third kappa shape index (κ3) is 2.84. The van der Waals surface area contributed by atoms with Gasteiger partial charge >= 0.3 is 0 Å². The van der Waals surface area contributed by atoms with E-state index in [1.54, 1.807) is 6.07 Å². The molecule has 2 aliphatic rings. The summed E-state index contributed by atoms with van der Waals surface area (Å²) in [4.78, 5) is 14.1. The number of hydrogen-bond acceptors (Lipinski definition) is 2. The van der Waals surface area contributed by atoms with Crippen LogP contribution in [-0.4, -0.2) is 30.4 Å². The first kappa shape index (κ1) is 14.9. The topological polar surface area (TPSA) is 32.3 Å². The smallest absolute Gasteiger partial charge is 0.228 e. The third-order valence-corrected chi connectivity index (χ3v) is 4.25. The van der Waals surface area contributed by atoms with Crippen LogP contribution in [0, 0.1) is 5.92 Å². The first-order valence-corrected chi connectivity index (χ1v) is 6.87. The summed E-state index contributed by atoms with van der Waals surface area (Å²) in [6.07, 6.45) is 0.835. The SMILES string of the molecule is Cl.O=C(C1CNC1)N1CCc2cc(Cl)cc(Cl)c2C1. The molecule has 1 amide bonds. The third-order valence-electron chi connectivity index (χ3n) is 3.70. The summed E-state index contributed by atoms with van der Waals surface area (Å²) in [5.41, 5.74) is 2.22. The number of fused-ring (bicyclic) bond motifs is 1. The maximum absolute atomic E-state index is 12.2. The lowest BCUT2D eigenvalue weighted by molar-refractivity contribution is -0.138. The van der Waals surface area contributed by atoms with E-state index in [0.29, 0.717) is 16.6 Å². The Balaban J connectivity index is 0.00000133. The zero-order valence-electron chi connectivity index (χ0n) is 10.3. The number of carbonyl (C=O) groups is 1. The highest BCUT2D eigenvalue weighted by Gasteiger charge is 2.31. The molecule has 0 bridgehead atoms. The van der Waals surface area contributed by atoms with E-state index in [0.717, 1.165) is 31.6 Å². The Morgan fingerprint density at radius 2 is 2.05 bits per heavy atom. The van der Waals surface area contributed by atoms with Gasteiger partial charge in [-0.15, -0.1) is 12.4 Å². The summed E-state index contributed by atoms with van der Waals surface area (Å²) < 4.78 is 0. The predicted molar refractivity (Wildman–Crippen MR) is 79.2 cm³/mol. The highest BCUT2D eigenvalue weighted by atomic mass is 35.5. The van der Waals surface area contributed by atoms with Crippen molar-refractivity contribution < 1.29 is 4.79 Å². The van der Waals surface area contributed by atoms with E-state index >= 15 is 0 Å². The molecule has 2 aliphatic heterocycles. The minimum absolute atomic E-state index is 0. The van der Waals surface area contributed by atoms with Crippen LogP contribution in [0.4, 0.5) is 0 Å². The van der Waals surface area contributed by atoms with Crippen molar-refractivity contribution in [3.05, 3.63) is 33.3 Å². The van der Waals surface area contributed by atoms with E-state index in [1.165, 1.54) is 5.56 Å². The van der Waals surface area contributed by atoms with Gasteiger partial charge < -0.3 is 10.2 Å². The summed E-state index contributed by atoms with van der Waals surface area (Å²) in [5.74, 6) is 0.392. The molecule has 3 nitrogen and oxygen atoms in total. The monoisotopic (exact) mass is 320 g/mol. The van der Waals surface area contributed by atoms with Crippen molar-refractivity contribution in [3.63, 3.8) is 0 Å². The highest BCUT2D eigenvalue weighted by Crippen LogP contribution is 2.30. The number of halogens is 3. The Bertz CT molecular complexity index is 503. The van der Waals surface area contributed by atoms with Gasteiger partial charge in [-0.05, 0) is 29.7 Å². The molecule has 0 unspecified atom stereocenters. The molecular formula is C13H15Cl3N2O. The fourth-order valence-corrected chi connectivity index (χ4v) is 3.09. The molecule has 19 heavy (non-hydrogen) atoms. The maximum atomic E-state index is 12.2. The predicted octanol–water partition coefficient (Wildman–Crippen LogP) is 2.52. The zero-order valence-corrected chi connectivity index (χ0v) is 12.6. The normalized spacial score (nSPS) is 18.3. The van der Waals surface area contributed by atoms with Crippen LogP contribution in [0.5, 0.6) is 0 Å². The van der Waals surface area contributed by atoms with E-state index in [-0.39, 0.29) is 24.2 Å². The molecule has 3 rings (SSSR count). The first-order chi connectivity index (χ1) is 8.65. The number of amides is 1. The molecular weight excluding hydrogens is 307 g/mol. The lowest BCUT2D eigenvalue weighted by Crippen LogP contribution is -2.52. The number of nitrogens with zero attached hydrogens (tertiary/aromatic N) is 1. The van der Waals surface area contributed by atoms with Gasteiger partial charge in [-0.3, -0.25) is 4.79 Å². The molecule has 1 fully saturated rings. The van der Waals surface area contributed by atoms with Crippen molar-refractivity contribution in [2.75, 3.05) is 19.6 Å². The van der Waals surface area contributed by atoms with Crippen LogP contribution in [0.2, 0.25) is 10.0 Å². The fraction of sp³-hybridized carbons (Fsp3) is 0.462. The van der Waals surface area contributed by atoms with Crippen molar-refractivity contribution in [1.29, 1.82) is 0 Å². The van der Waals surface area contributed by atoms with Gasteiger partial charge in [0.15, 0.2) is 0 Å². The maximum Gasteiger partial charge on any atom is 0.228 e. The summed E-state index contributed by atoms with van der Waals surface area (Å²) >= 11 is 12.2. The summed E-state index contributed by atoms with van der Waals surface area (Å²) in [5, 5.41) is 4.46. The van der Waals surface area contributed by atoms with Gasteiger partial charge in [-0.1, -0.05) is 23.2 Å². The van der Waals surface area contributed by atoms with Gasteiger partial charge in [0.25, 0.3) is 0 Å². The number of hydrogen-bond donors (Lipinski definition) is 1. The van der Waals surface area contributed by atoms with Crippen molar-refractivity contribution in [3.8, 4) is 0 Å². The Morgan fingerprint density at radius 1 is 1.32 bits per heavy atom. The number of nitrogens with one attached hydrogen (secondary N) is 1.